The molecule has 2 aromatic rings. The first-order valence-electron chi connectivity index (χ1n) is 6.65. The van der Waals surface area contributed by atoms with Crippen molar-refractivity contribution in [1.29, 1.82) is 5.26 Å². The molecule has 1 amide bonds. The maximum Gasteiger partial charge on any atom is 0.252 e. The SMILES string of the molecule is N#Cc1ccccc1CSCCNC(=O)c1cncc(Br)c1. The quantitative estimate of drug-likeness (QED) is 0.785. The number of thioether (sulfide) groups is 1. The van der Waals surface area contributed by atoms with Crippen LogP contribution in [0.15, 0.2) is 47.2 Å². The summed E-state index contributed by atoms with van der Waals surface area (Å²) < 4.78 is 0.780. The summed E-state index contributed by atoms with van der Waals surface area (Å²) in [7, 11) is 0. The molecule has 0 bridgehead atoms. The van der Waals surface area contributed by atoms with Gasteiger partial charge in [-0.3, -0.25) is 9.78 Å². The number of aromatic nitrogens is 1. The zero-order chi connectivity index (χ0) is 15.8. The molecule has 0 aliphatic rings. The molecule has 4 nitrogen and oxygen atoms in total. The molecule has 22 heavy (non-hydrogen) atoms. The van der Waals surface area contributed by atoms with Gasteiger partial charge in [0.05, 0.1) is 17.2 Å². The molecular formula is C16H14BrN3OS. The van der Waals surface area contributed by atoms with E-state index in [1.807, 2.05) is 24.3 Å². The van der Waals surface area contributed by atoms with Crippen LogP contribution >= 0.6 is 27.7 Å². The van der Waals surface area contributed by atoms with Crippen molar-refractivity contribution in [1.82, 2.24) is 10.3 Å². The van der Waals surface area contributed by atoms with Crippen molar-refractivity contribution in [3.8, 4) is 6.07 Å². The van der Waals surface area contributed by atoms with Crippen LogP contribution in [-0.4, -0.2) is 23.2 Å². The standard InChI is InChI=1S/C16H14BrN3OS/c17-15-7-14(9-19-10-15)16(21)20-5-6-22-11-13-4-2-1-3-12(13)8-18/h1-4,7,9-10H,5-6,11H2,(H,20,21). The van der Waals surface area contributed by atoms with Crippen LogP contribution in [0.3, 0.4) is 0 Å². The Hall–Kier alpha value is -1.84. The van der Waals surface area contributed by atoms with E-state index in [0.29, 0.717) is 17.7 Å². The summed E-state index contributed by atoms with van der Waals surface area (Å²) in [5.41, 5.74) is 2.27. The highest BCUT2D eigenvalue weighted by Gasteiger charge is 2.06. The van der Waals surface area contributed by atoms with E-state index in [1.165, 1.54) is 6.20 Å². The van der Waals surface area contributed by atoms with Crippen molar-refractivity contribution >= 4 is 33.6 Å². The first-order chi connectivity index (χ1) is 10.7. The van der Waals surface area contributed by atoms with Gasteiger partial charge in [-0.2, -0.15) is 17.0 Å². The van der Waals surface area contributed by atoms with Crippen LogP contribution in [0.2, 0.25) is 0 Å². The third kappa shape index (κ3) is 4.86. The first-order valence-corrected chi connectivity index (χ1v) is 8.60. The average Bonchev–Trinajstić information content (AvgIpc) is 2.54. The fraction of sp³-hybridized carbons (Fsp3) is 0.188. The predicted molar refractivity (Wildman–Crippen MR) is 91.6 cm³/mol. The van der Waals surface area contributed by atoms with Crippen molar-refractivity contribution in [2.24, 2.45) is 0 Å². The molecular weight excluding hydrogens is 362 g/mol. The van der Waals surface area contributed by atoms with Gasteiger partial charge < -0.3 is 5.32 Å². The molecule has 0 spiro atoms. The molecule has 0 fully saturated rings. The van der Waals surface area contributed by atoms with Crippen LogP contribution in [0.1, 0.15) is 21.5 Å². The lowest BCUT2D eigenvalue weighted by molar-refractivity contribution is 0.0955. The lowest BCUT2D eigenvalue weighted by Gasteiger charge is -2.06. The van der Waals surface area contributed by atoms with Crippen molar-refractivity contribution < 1.29 is 4.79 Å². The normalized spacial score (nSPS) is 10.0. The minimum absolute atomic E-state index is 0.133. The Kier molecular flexibility index (Phi) is 6.44. The zero-order valence-corrected chi connectivity index (χ0v) is 14.2. The summed E-state index contributed by atoms with van der Waals surface area (Å²) >= 11 is 4.98. The van der Waals surface area contributed by atoms with Crippen molar-refractivity contribution in [2.45, 2.75) is 5.75 Å². The third-order valence-electron chi connectivity index (χ3n) is 2.89. The number of hydrogen-bond donors (Lipinski definition) is 1. The Morgan fingerprint density at radius 3 is 2.95 bits per heavy atom. The highest BCUT2D eigenvalue weighted by molar-refractivity contribution is 9.10. The molecule has 0 unspecified atom stereocenters. The number of rotatable bonds is 6. The fourth-order valence-corrected chi connectivity index (χ4v) is 3.04. The molecule has 0 aliphatic heterocycles. The molecule has 6 heteroatoms. The molecule has 1 aromatic carbocycles. The molecule has 0 saturated carbocycles. The molecule has 1 N–H and O–H groups in total. The monoisotopic (exact) mass is 375 g/mol. The molecule has 0 saturated heterocycles. The van der Waals surface area contributed by atoms with Gasteiger partial charge in [0.1, 0.15) is 0 Å². The maximum atomic E-state index is 11.9. The van der Waals surface area contributed by atoms with Gasteiger partial charge in [0.2, 0.25) is 0 Å². The van der Waals surface area contributed by atoms with E-state index in [4.69, 9.17) is 5.26 Å². The minimum Gasteiger partial charge on any atom is -0.351 e. The Morgan fingerprint density at radius 2 is 2.18 bits per heavy atom. The van der Waals surface area contributed by atoms with Crippen LogP contribution in [0.4, 0.5) is 0 Å². The number of hydrogen-bond acceptors (Lipinski definition) is 4. The fourth-order valence-electron chi connectivity index (χ4n) is 1.81. The first kappa shape index (κ1) is 16.5. The Labute approximate surface area is 142 Å². The van der Waals surface area contributed by atoms with E-state index < -0.39 is 0 Å². The highest BCUT2D eigenvalue weighted by atomic mass is 79.9. The molecule has 0 aliphatic carbocycles. The van der Waals surface area contributed by atoms with Crippen molar-refractivity contribution in [3.05, 3.63) is 63.9 Å². The summed E-state index contributed by atoms with van der Waals surface area (Å²) in [4.78, 5) is 15.9. The Morgan fingerprint density at radius 1 is 1.36 bits per heavy atom. The van der Waals surface area contributed by atoms with E-state index in [9.17, 15) is 4.79 Å². The van der Waals surface area contributed by atoms with Gasteiger partial charge in [-0.1, -0.05) is 18.2 Å². The minimum atomic E-state index is -0.133. The number of carbonyl (C=O) groups excluding carboxylic acids is 1. The third-order valence-corrected chi connectivity index (χ3v) is 4.34. The average molecular weight is 376 g/mol. The largest absolute Gasteiger partial charge is 0.351 e. The molecule has 2 rings (SSSR count). The number of amides is 1. The summed E-state index contributed by atoms with van der Waals surface area (Å²) in [6.07, 6.45) is 3.18. The lowest BCUT2D eigenvalue weighted by atomic mass is 10.1. The molecule has 1 heterocycles. The number of nitrogens with zero attached hydrogens (tertiary/aromatic N) is 2. The van der Waals surface area contributed by atoms with Crippen LogP contribution in [0.25, 0.3) is 0 Å². The van der Waals surface area contributed by atoms with E-state index in [0.717, 1.165) is 21.5 Å². The lowest BCUT2D eigenvalue weighted by Crippen LogP contribution is -2.25. The topological polar surface area (TPSA) is 65.8 Å². The van der Waals surface area contributed by atoms with Crippen LogP contribution in [0.5, 0.6) is 0 Å². The summed E-state index contributed by atoms with van der Waals surface area (Å²) in [6, 6.07) is 11.5. The zero-order valence-electron chi connectivity index (χ0n) is 11.8. The highest BCUT2D eigenvalue weighted by Crippen LogP contribution is 2.15. The molecule has 1 aromatic heterocycles. The van der Waals surface area contributed by atoms with Gasteiger partial charge in [0, 0.05) is 34.9 Å². The number of nitrogens with one attached hydrogen (secondary N) is 1. The maximum absolute atomic E-state index is 11.9. The van der Waals surface area contributed by atoms with E-state index in [-0.39, 0.29) is 5.91 Å². The van der Waals surface area contributed by atoms with E-state index in [2.05, 4.69) is 32.3 Å². The summed E-state index contributed by atoms with van der Waals surface area (Å²) in [5.74, 6) is 1.41. The van der Waals surface area contributed by atoms with Crippen LogP contribution in [-0.2, 0) is 5.75 Å². The van der Waals surface area contributed by atoms with Gasteiger partial charge in [-0.15, -0.1) is 0 Å². The molecule has 0 radical (unpaired) electrons. The smallest absolute Gasteiger partial charge is 0.252 e. The Bertz CT molecular complexity index is 700. The van der Waals surface area contributed by atoms with Gasteiger partial charge in [0.25, 0.3) is 5.91 Å². The van der Waals surface area contributed by atoms with Crippen molar-refractivity contribution in [2.75, 3.05) is 12.3 Å². The number of benzene rings is 1. The van der Waals surface area contributed by atoms with Crippen LogP contribution < -0.4 is 5.32 Å². The summed E-state index contributed by atoms with van der Waals surface area (Å²) in [5, 5.41) is 11.9. The van der Waals surface area contributed by atoms with Gasteiger partial charge in [-0.05, 0) is 33.6 Å². The van der Waals surface area contributed by atoms with Crippen LogP contribution in [0, 0.1) is 11.3 Å². The number of carbonyl (C=O) groups is 1. The Balaban J connectivity index is 1.74. The second kappa shape index (κ2) is 8.57. The molecule has 0 atom stereocenters. The van der Waals surface area contributed by atoms with E-state index in [1.54, 1.807) is 24.0 Å². The second-order valence-electron chi connectivity index (χ2n) is 4.47. The van der Waals surface area contributed by atoms with Gasteiger partial charge >= 0.3 is 0 Å². The molecule has 112 valence electrons. The number of nitriles is 1. The van der Waals surface area contributed by atoms with Crippen molar-refractivity contribution in [3.63, 3.8) is 0 Å². The van der Waals surface area contributed by atoms with Gasteiger partial charge in [-0.25, -0.2) is 0 Å². The number of pyridine rings is 1. The summed E-state index contributed by atoms with van der Waals surface area (Å²) in [6.45, 7) is 0.574. The van der Waals surface area contributed by atoms with E-state index >= 15 is 0 Å². The predicted octanol–water partition coefficient (Wildman–Crippen LogP) is 3.38. The second-order valence-corrected chi connectivity index (χ2v) is 6.49. The number of halogens is 1. The van der Waals surface area contributed by atoms with Gasteiger partial charge in [0.15, 0.2) is 0 Å².